The van der Waals surface area contributed by atoms with Crippen LogP contribution in [0.25, 0.3) is 11.3 Å². The summed E-state index contributed by atoms with van der Waals surface area (Å²) in [5, 5.41) is 0. The number of aromatic nitrogens is 2. The molecule has 1 amide bonds. The largest absolute Gasteiger partial charge is 0.417 e. The van der Waals surface area contributed by atoms with Crippen LogP contribution in [-0.2, 0) is 19.1 Å². The van der Waals surface area contributed by atoms with E-state index >= 15 is 0 Å². The summed E-state index contributed by atoms with van der Waals surface area (Å²) in [6.45, 7) is 1.22. The number of pyridine rings is 2. The molecular formula is C21H17F3N4O. The van der Waals surface area contributed by atoms with Crippen molar-refractivity contribution in [3.63, 3.8) is 0 Å². The first-order valence-corrected chi connectivity index (χ1v) is 8.99. The minimum atomic E-state index is -4.41. The number of fused-ring (bicyclic) bond motifs is 1. The van der Waals surface area contributed by atoms with Crippen LogP contribution < -0.4 is 10.6 Å². The smallest absolute Gasteiger partial charge is 0.364 e. The summed E-state index contributed by atoms with van der Waals surface area (Å²) in [6, 6.07) is 13.3. The summed E-state index contributed by atoms with van der Waals surface area (Å²) in [5.74, 6) is 0.0740. The van der Waals surface area contributed by atoms with Crippen LogP contribution in [0.4, 0.5) is 19.0 Å². The molecule has 1 aliphatic rings. The van der Waals surface area contributed by atoms with Crippen molar-refractivity contribution in [1.82, 2.24) is 9.97 Å². The van der Waals surface area contributed by atoms with Gasteiger partial charge in [0.05, 0.1) is 11.3 Å². The second kappa shape index (κ2) is 7.20. The standard InChI is InChI=1S/C21H17F3N4O/c22-21(23,24)14-7-8-17(26-11-14)16-4-1-3-13-12-28(10-9-15(13)16)19-6-2-5-18(27-19)20(25)29/h1-8,11H,9-10,12H2,(H2,25,29). The number of nitrogens with zero attached hydrogens (tertiary/aromatic N) is 3. The van der Waals surface area contributed by atoms with Gasteiger partial charge in [0.1, 0.15) is 11.5 Å². The second-order valence-corrected chi connectivity index (χ2v) is 6.79. The van der Waals surface area contributed by atoms with Crippen molar-refractivity contribution in [1.29, 1.82) is 0 Å². The fraction of sp³-hybridized carbons (Fsp3) is 0.190. The van der Waals surface area contributed by atoms with Gasteiger partial charge in [-0.1, -0.05) is 24.3 Å². The summed E-state index contributed by atoms with van der Waals surface area (Å²) in [4.78, 5) is 21.8. The van der Waals surface area contributed by atoms with Crippen molar-refractivity contribution in [2.24, 2.45) is 5.73 Å². The van der Waals surface area contributed by atoms with E-state index in [9.17, 15) is 18.0 Å². The third-order valence-corrected chi connectivity index (χ3v) is 4.94. The Morgan fingerprint density at radius 2 is 1.86 bits per heavy atom. The molecule has 4 rings (SSSR count). The highest BCUT2D eigenvalue weighted by Crippen LogP contribution is 2.33. The third-order valence-electron chi connectivity index (χ3n) is 4.94. The molecule has 0 radical (unpaired) electrons. The van der Waals surface area contributed by atoms with Crippen LogP contribution in [0.5, 0.6) is 0 Å². The van der Waals surface area contributed by atoms with Gasteiger partial charge >= 0.3 is 6.18 Å². The zero-order valence-electron chi connectivity index (χ0n) is 15.3. The van der Waals surface area contributed by atoms with Gasteiger partial charge in [0.2, 0.25) is 0 Å². The number of anilines is 1. The Morgan fingerprint density at radius 1 is 1.07 bits per heavy atom. The Kier molecular flexibility index (Phi) is 4.70. The lowest BCUT2D eigenvalue weighted by atomic mass is 9.92. The molecule has 0 aliphatic carbocycles. The monoisotopic (exact) mass is 398 g/mol. The lowest BCUT2D eigenvalue weighted by molar-refractivity contribution is -0.137. The fourth-order valence-electron chi connectivity index (χ4n) is 3.50. The quantitative estimate of drug-likeness (QED) is 0.728. The summed E-state index contributed by atoms with van der Waals surface area (Å²) >= 11 is 0. The number of carbonyl (C=O) groups is 1. The van der Waals surface area contributed by atoms with Crippen LogP contribution in [0.15, 0.2) is 54.7 Å². The first kappa shape index (κ1) is 18.9. The van der Waals surface area contributed by atoms with E-state index in [1.807, 2.05) is 29.2 Å². The van der Waals surface area contributed by atoms with Crippen molar-refractivity contribution in [2.75, 3.05) is 11.4 Å². The van der Waals surface area contributed by atoms with Crippen molar-refractivity contribution >= 4 is 11.7 Å². The zero-order valence-corrected chi connectivity index (χ0v) is 15.3. The summed E-state index contributed by atoms with van der Waals surface area (Å²) in [6.07, 6.45) is -2.87. The molecule has 148 valence electrons. The number of rotatable bonds is 3. The Bertz CT molecular complexity index is 1060. The van der Waals surface area contributed by atoms with E-state index < -0.39 is 17.6 Å². The van der Waals surface area contributed by atoms with E-state index in [0.29, 0.717) is 31.0 Å². The van der Waals surface area contributed by atoms with Gasteiger partial charge in [0.15, 0.2) is 0 Å². The molecule has 0 unspecified atom stereocenters. The molecule has 5 nitrogen and oxygen atoms in total. The maximum absolute atomic E-state index is 12.8. The number of hydrogen-bond acceptors (Lipinski definition) is 4. The molecule has 0 atom stereocenters. The van der Waals surface area contributed by atoms with Crippen LogP contribution in [0.3, 0.4) is 0 Å². The molecule has 0 saturated carbocycles. The van der Waals surface area contributed by atoms with E-state index in [-0.39, 0.29) is 5.69 Å². The van der Waals surface area contributed by atoms with Gasteiger partial charge in [-0.05, 0) is 41.8 Å². The van der Waals surface area contributed by atoms with Gasteiger partial charge in [0, 0.05) is 24.8 Å². The number of carbonyl (C=O) groups excluding carboxylic acids is 1. The lowest BCUT2D eigenvalue weighted by Gasteiger charge is -2.31. The molecule has 1 aliphatic heterocycles. The summed E-state index contributed by atoms with van der Waals surface area (Å²) in [7, 11) is 0. The molecule has 29 heavy (non-hydrogen) atoms. The summed E-state index contributed by atoms with van der Waals surface area (Å²) in [5.41, 5.74) is 8.19. The number of halogens is 3. The first-order valence-electron chi connectivity index (χ1n) is 8.99. The number of amides is 1. The van der Waals surface area contributed by atoms with Gasteiger partial charge in [-0.2, -0.15) is 13.2 Å². The topological polar surface area (TPSA) is 72.1 Å². The highest BCUT2D eigenvalue weighted by molar-refractivity contribution is 5.91. The number of benzene rings is 1. The SMILES string of the molecule is NC(=O)c1cccc(N2CCc3c(cccc3-c3ccc(C(F)(F)F)cn3)C2)n1. The molecule has 0 saturated heterocycles. The molecule has 3 heterocycles. The molecule has 0 fully saturated rings. The number of nitrogens with two attached hydrogens (primary N) is 1. The average Bonchev–Trinajstić information content (AvgIpc) is 2.72. The van der Waals surface area contributed by atoms with Crippen LogP contribution in [0.1, 0.15) is 27.2 Å². The molecule has 2 aromatic heterocycles. The van der Waals surface area contributed by atoms with Crippen molar-refractivity contribution in [3.05, 3.63) is 77.1 Å². The summed E-state index contributed by atoms with van der Waals surface area (Å²) < 4.78 is 38.4. The van der Waals surface area contributed by atoms with E-state index in [2.05, 4.69) is 9.97 Å². The fourth-order valence-corrected chi connectivity index (χ4v) is 3.50. The average molecular weight is 398 g/mol. The zero-order chi connectivity index (χ0) is 20.6. The minimum Gasteiger partial charge on any atom is -0.364 e. The molecule has 0 spiro atoms. The lowest BCUT2D eigenvalue weighted by Crippen LogP contribution is -2.31. The highest BCUT2D eigenvalue weighted by atomic mass is 19.4. The molecular weight excluding hydrogens is 381 g/mol. The number of alkyl halides is 3. The molecule has 8 heteroatoms. The second-order valence-electron chi connectivity index (χ2n) is 6.79. The molecule has 0 bridgehead atoms. The molecule has 3 aromatic rings. The van der Waals surface area contributed by atoms with Crippen molar-refractivity contribution in [3.8, 4) is 11.3 Å². The van der Waals surface area contributed by atoms with E-state index in [1.165, 1.54) is 6.07 Å². The van der Waals surface area contributed by atoms with Crippen LogP contribution in [0.2, 0.25) is 0 Å². The number of hydrogen-bond donors (Lipinski definition) is 1. The van der Waals surface area contributed by atoms with Crippen molar-refractivity contribution in [2.45, 2.75) is 19.1 Å². The molecule has 1 aromatic carbocycles. The molecule has 2 N–H and O–H groups in total. The third kappa shape index (κ3) is 3.78. The van der Waals surface area contributed by atoms with E-state index in [0.717, 1.165) is 29.0 Å². The Morgan fingerprint density at radius 3 is 2.55 bits per heavy atom. The van der Waals surface area contributed by atoms with E-state index in [1.54, 1.807) is 12.1 Å². The normalized spacial score (nSPS) is 13.8. The van der Waals surface area contributed by atoms with Crippen LogP contribution in [-0.4, -0.2) is 22.4 Å². The van der Waals surface area contributed by atoms with Crippen LogP contribution >= 0.6 is 0 Å². The van der Waals surface area contributed by atoms with Gasteiger partial charge in [-0.15, -0.1) is 0 Å². The van der Waals surface area contributed by atoms with Gasteiger partial charge in [-0.25, -0.2) is 4.98 Å². The van der Waals surface area contributed by atoms with E-state index in [4.69, 9.17) is 5.73 Å². The van der Waals surface area contributed by atoms with Crippen molar-refractivity contribution < 1.29 is 18.0 Å². The Hall–Kier alpha value is -3.42. The van der Waals surface area contributed by atoms with Gasteiger partial charge < -0.3 is 10.6 Å². The van der Waals surface area contributed by atoms with Crippen LogP contribution in [0, 0.1) is 0 Å². The Balaban J connectivity index is 1.63. The maximum atomic E-state index is 12.8. The number of primary amides is 1. The predicted octanol–water partition coefficient (Wildman–Crippen LogP) is 3.82. The maximum Gasteiger partial charge on any atom is 0.417 e. The predicted molar refractivity (Wildman–Crippen MR) is 102 cm³/mol. The van der Waals surface area contributed by atoms with Gasteiger partial charge in [-0.3, -0.25) is 9.78 Å². The minimum absolute atomic E-state index is 0.205. The Labute approximate surface area is 165 Å². The first-order chi connectivity index (χ1) is 13.8. The van der Waals surface area contributed by atoms with Gasteiger partial charge in [0.25, 0.3) is 5.91 Å². The highest BCUT2D eigenvalue weighted by Gasteiger charge is 2.31.